The van der Waals surface area contributed by atoms with E-state index in [0.717, 1.165) is 54.8 Å². The summed E-state index contributed by atoms with van der Waals surface area (Å²) in [4.78, 5) is 15.3. The summed E-state index contributed by atoms with van der Waals surface area (Å²) >= 11 is 0. The predicted octanol–water partition coefficient (Wildman–Crippen LogP) is 6.91. The maximum absolute atomic E-state index is 13.4. The van der Waals surface area contributed by atoms with Crippen molar-refractivity contribution in [2.24, 2.45) is 5.92 Å². The van der Waals surface area contributed by atoms with E-state index in [-0.39, 0.29) is 5.91 Å². The van der Waals surface area contributed by atoms with Gasteiger partial charge in [-0.15, -0.1) is 0 Å². The highest BCUT2D eigenvalue weighted by molar-refractivity contribution is 5.94. The zero-order valence-electron chi connectivity index (χ0n) is 20.9. The van der Waals surface area contributed by atoms with Crippen molar-refractivity contribution in [3.8, 4) is 11.5 Å². The van der Waals surface area contributed by atoms with Crippen molar-refractivity contribution >= 4 is 16.7 Å². The second-order valence-electron chi connectivity index (χ2n) is 9.48. The lowest BCUT2D eigenvalue weighted by atomic mass is 9.90. The summed E-state index contributed by atoms with van der Waals surface area (Å²) in [7, 11) is 0. The van der Waals surface area contributed by atoms with E-state index in [1.165, 1.54) is 10.9 Å². The minimum atomic E-state index is 0.0863. The van der Waals surface area contributed by atoms with Gasteiger partial charge in [0.25, 0.3) is 5.91 Å². The summed E-state index contributed by atoms with van der Waals surface area (Å²) in [5.74, 6) is 2.27. The zero-order chi connectivity index (χ0) is 24.7. The van der Waals surface area contributed by atoms with E-state index in [9.17, 15) is 4.79 Å². The van der Waals surface area contributed by atoms with Gasteiger partial charge in [0.05, 0.1) is 6.61 Å². The Morgan fingerprint density at radius 3 is 2.36 bits per heavy atom. The third-order valence-corrected chi connectivity index (χ3v) is 6.99. The molecule has 1 saturated heterocycles. The molecule has 1 heterocycles. The lowest BCUT2D eigenvalue weighted by Crippen LogP contribution is -2.39. The molecule has 0 unspecified atom stereocenters. The number of benzene rings is 4. The van der Waals surface area contributed by atoms with E-state index in [1.54, 1.807) is 0 Å². The third-order valence-electron chi connectivity index (χ3n) is 6.99. The molecule has 1 fully saturated rings. The van der Waals surface area contributed by atoms with Gasteiger partial charge >= 0.3 is 0 Å². The number of likely N-dealkylation sites (tertiary alicyclic amines) is 1. The van der Waals surface area contributed by atoms with Crippen LogP contribution in [-0.4, -0.2) is 30.5 Å². The van der Waals surface area contributed by atoms with Crippen LogP contribution in [0.15, 0.2) is 91.0 Å². The van der Waals surface area contributed by atoms with Crippen molar-refractivity contribution in [3.63, 3.8) is 0 Å². The van der Waals surface area contributed by atoms with Gasteiger partial charge in [-0.3, -0.25) is 4.79 Å². The number of rotatable bonds is 8. The van der Waals surface area contributed by atoms with Crippen molar-refractivity contribution in [2.75, 3.05) is 19.7 Å². The topological polar surface area (TPSA) is 38.8 Å². The predicted molar refractivity (Wildman–Crippen MR) is 145 cm³/mol. The van der Waals surface area contributed by atoms with Gasteiger partial charge in [-0.2, -0.15) is 0 Å². The van der Waals surface area contributed by atoms with Gasteiger partial charge in [0.1, 0.15) is 18.1 Å². The highest BCUT2D eigenvalue weighted by atomic mass is 16.5. The minimum Gasteiger partial charge on any atom is -0.493 e. The molecule has 0 bridgehead atoms. The van der Waals surface area contributed by atoms with E-state index in [0.29, 0.717) is 24.7 Å². The summed E-state index contributed by atoms with van der Waals surface area (Å²) in [6.45, 7) is 4.46. The molecule has 4 nitrogen and oxygen atoms in total. The number of amides is 1. The van der Waals surface area contributed by atoms with Crippen LogP contribution in [0.2, 0.25) is 0 Å². The van der Waals surface area contributed by atoms with Gasteiger partial charge in [-0.25, -0.2) is 0 Å². The van der Waals surface area contributed by atoms with E-state index in [4.69, 9.17) is 9.47 Å². The fourth-order valence-electron chi connectivity index (χ4n) is 5.01. The number of carbonyl (C=O) groups is 1. The summed E-state index contributed by atoms with van der Waals surface area (Å²) in [5, 5.41) is 2.32. The largest absolute Gasteiger partial charge is 0.493 e. The fraction of sp³-hybridized carbons (Fsp3) is 0.281. The molecule has 0 aliphatic carbocycles. The van der Waals surface area contributed by atoms with Gasteiger partial charge in [-0.1, -0.05) is 60.7 Å². The maximum Gasteiger partial charge on any atom is 0.253 e. The molecular weight excluding hydrogens is 446 g/mol. The van der Waals surface area contributed by atoms with Crippen molar-refractivity contribution in [3.05, 3.63) is 108 Å². The van der Waals surface area contributed by atoms with E-state index in [1.807, 2.05) is 54.3 Å². The fourth-order valence-corrected chi connectivity index (χ4v) is 5.01. The number of ether oxygens (including phenoxy) is 2. The highest BCUT2D eigenvalue weighted by Crippen LogP contribution is 2.27. The molecule has 5 rings (SSSR count). The first-order chi connectivity index (χ1) is 17.7. The third kappa shape index (κ3) is 5.71. The molecule has 4 heteroatoms. The molecule has 4 aromatic carbocycles. The van der Waals surface area contributed by atoms with E-state index < -0.39 is 0 Å². The zero-order valence-corrected chi connectivity index (χ0v) is 20.9. The lowest BCUT2D eigenvalue weighted by Gasteiger charge is -2.32. The van der Waals surface area contributed by atoms with Crippen LogP contribution in [0.1, 0.15) is 41.3 Å². The van der Waals surface area contributed by atoms with Crippen molar-refractivity contribution in [1.29, 1.82) is 0 Å². The quantitative estimate of drug-likeness (QED) is 0.276. The first-order valence-electron chi connectivity index (χ1n) is 12.9. The van der Waals surface area contributed by atoms with Crippen LogP contribution in [0.4, 0.5) is 0 Å². The highest BCUT2D eigenvalue weighted by Gasteiger charge is 2.24. The maximum atomic E-state index is 13.4. The Bertz CT molecular complexity index is 1310. The number of nitrogens with zero attached hydrogens (tertiary/aromatic N) is 1. The molecule has 1 aliphatic heterocycles. The van der Waals surface area contributed by atoms with Gasteiger partial charge in [0.2, 0.25) is 0 Å². The number of piperidine rings is 1. The van der Waals surface area contributed by atoms with Crippen molar-refractivity contribution in [1.82, 2.24) is 4.90 Å². The van der Waals surface area contributed by atoms with Crippen molar-refractivity contribution in [2.45, 2.75) is 32.8 Å². The second kappa shape index (κ2) is 11.3. The average molecular weight is 480 g/mol. The average Bonchev–Trinajstić information content (AvgIpc) is 2.93. The van der Waals surface area contributed by atoms with Crippen LogP contribution >= 0.6 is 0 Å². The first-order valence-corrected chi connectivity index (χ1v) is 12.9. The summed E-state index contributed by atoms with van der Waals surface area (Å²) < 4.78 is 12.0. The lowest BCUT2D eigenvalue weighted by molar-refractivity contribution is 0.0690. The Labute approximate surface area is 213 Å². The molecule has 0 N–H and O–H groups in total. The number of fused-ring (bicyclic) bond motifs is 1. The molecule has 0 spiro atoms. The summed E-state index contributed by atoms with van der Waals surface area (Å²) in [6.07, 6.45) is 3.16. The number of hydrogen-bond donors (Lipinski definition) is 0. The Hall–Kier alpha value is -3.79. The van der Waals surface area contributed by atoms with Gasteiger partial charge in [0, 0.05) is 24.2 Å². The standard InChI is InChI=1S/C32H33NO3/c1-2-35-31-15-13-28(21-29(31)23-36-30-14-12-26-10-6-7-11-27(26)22-30)32(34)33-18-16-25(17-19-33)20-24-8-4-3-5-9-24/h3-15,21-22,25H,2,16-20,23H2,1H3. The Morgan fingerprint density at radius 1 is 0.833 bits per heavy atom. The summed E-state index contributed by atoms with van der Waals surface area (Å²) in [6, 6.07) is 30.7. The molecule has 1 aliphatic rings. The smallest absolute Gasteiger partial charge is 0.253 e. The summed E-state index contributed by atoms with van der Waals surface area (Å²) in [5.41, 5.74) is 2.96. The molecule has 0 atom stereocenters. The van der Waals surface area contributed by atoms with E-state index in [2.05, 4.69) is 48.5 Å². The van der Waals surface area contributed by atoms with Crippen LogP contribution < -0.4 is 9.47 Å². The SMILES string of the molecule is CCOc1ccc(C(=O)N2CCC(Cc3ccccc3)CC2)cc1COc1ccc2ccccc2c1. The van der Waals surface area contributed by atoms with Gasteiger partial charge in [-0.05, 0) is 78.8 Å². The van der Waals surface area contributed by atoms with Gasteiger partial charge in [0.15, 0.2) is 0 Å². The molecular formula is C32H33NO3. The minimum absolute atomic E-state index is 0.0863. The molecule has 0 saturated carbocycles. The van der Waals surface area contributed by atoms with Crippen LogP contribution in [0, 0.1) is 5.92 Å². The van der Waals surface area contributed by atoms with Crippen LogP contribution in [0.5, 0.6) is 11.5 Å². The Kier molecular flexibility index (Phi) is 7.51. The Balaban J connectivity index is 1.25. The molecule has 1 amide bonds. The second-order valence-corrected chi connectivity index (χ2v) is 9.48. The number of carbonyl (C=O) groups excluding carboxylic acids is 1. The Morgan fingerprint density at radius 2 is 1.58 bits per heavy atom. The number of hydrogen-bond acceptors (Lipinski definition) is 3. The molecule has 36 heavy (non-hydrogen) atoms. The van der Waals surface area contributed by atoms with Crippen molar-refractivity contribution < 1.29 is 14.3 Å². The first kappa shape index (κ1) is 23.9. The molecule has 0 radical (unpaired) electrons. The van der Waals surface area contributed by atoms with E-state index >= 15 is 0 Å². The normalized spacial score (nSPS) is 14.1. The molecule has 184 valence electrons. The van der Waals surface area contributed by atoms with Gasteiger partial charge < -0.3 is 14.4 Å². The molecule has 0 aromatic heterocycles. The van der Waals surface area contributed by atoms with Crippen LogP contribution in [0.25, 0.3) is 10.8 Å². The van der Waals surface area contributed by atoms with Crippen LogP contribution in [0.3, 0.4) is 0 Å². The molecule has 4 aromatic rings. The van der Waals surface area contributed by atoms with Crippen LogP contribution in [-0.2, 0) is 13.0 Å². The monoisotopic (exact) mass is 479 g/mol.